The number of carbonyl (C=O) groups is 2. The molecule has 0 aromatic rings. The zero-order valence-corrected chi connectivity index (χ0v) is 33.9. The van der Waals surface area contributed by atoms with Gasteiger partial charge in [0, 0.05) is 19.4 Å². The summed E-state index contributed by atoms with van der Waals surface area (Å²) in [6.07, 6.45) is 47.7. The van der Waals surface area contributed by atoms with Gasteiger partial charge in [-0.05, 0) is 83.5 Å². The predicted octanol–water partition coefficient (Wildman–Crippen LogP) is 11.3. The minimum atomic E-state index is -4.40. The fraction of sp³-hybridized carbons (Fsp3) is 0.628. The van der Waals surface area contributed by atoms with Crippen LogP contribution in [0.3, 0.4) is 0 Å². The molecule has 0 spiro atoms. The van der Waals surface area contributed by atoms with Crippen molar-refractivity contribution in [2.75, 3.05) is 26.4 Å². The molecule has 0 bridgehead atoms. The number of rotatable bonds is 36. The van der Waals surface area contributed by atoms with Crippen molar-refractivity contribution in [3.8, 4) is 0 Å². The average Bonchev–Trinajstić information content (AvgIpc) is 3.14. The molecule has 53 heavy (non-hydrogen) atoms. The number of phosphoric ester groups is 1. The molecular formula is C43H72NO8P. The van der Waals surface area contributed by atoms with E-state index in [2.05, 4.69) is 92.8 Å². The Morgan fingerprint density at radius 3 is 1.60 bits per heavy atom. The lowest BCUT2D eigenvalue weighted by Crippen LogP contribution is -2.29. The van der Waals surface area contributed by atoms with E-state index in [-0.39, 0.29) is 32.6 Å². The highest BCUT2D eigenvalue weighted by Gasteiger charge is 2.25. The number of unbranched alkanes of at least 4 members (excludes halogenated alkanes) is 9. The van der Waals surface area contributed by atoms with E-state index in [9.17, 15) is 19.0 Å². The standard InChI is InChI=1S/C43H72NO8P/c1-3-5-7-9-11-13-15-17-19-20-22-24-26-28-30-32-34-36-43(46)52-41(40-51-53(47,48)50-38-37-44)39-49-42(45)35-33-31-29-27-25-23-21-18-16-14-12-10-8-6-4-2/h6,8,12,14,17-19,21-22,24-25,27-28,30,41H,3-5,7,9-11,13,15-16,20,23,26,29,31-40,44H2,1-2H3,(H,47,48). The lowest BCUT2D eigenvalue weighted by molar-refractivity contribution is -0.161. The number of carbonyl (C=O) groups excluding carboxylic acids is 2. The normalized spacial score (nSPS) is 14.3. The largest absolute Gasteiger partial charge is 0.472 e. The number of hydrogen-bond acceptors (Lipinski definition) is 8. The summed E-state index contributed by atoms with van der Waals surface area (Å²) in [7, 11) is -4.40. The van der Waals surface area contributed by atoms with Crippen LogP contribution in [-0.2, 0) is 32.7 Å². The topological polar surface area (TPSA) is 134 Å². The van der Waals surface area contributed by atoms with E-state index >= 15 is 0 Å². The minimum absolute atomic E-state index is 0.0354. The number of ether oxygens (including phenoxy) is 2. The van der Waals surface area contributed by atoms with Crippen LogP contribution in [0.25, 0.3) is 0 Å². The maximum Gasteiger partial charge on any atom is 0.472 e. The van der Waals surface area contributed by atoms with E-state index in [4.69, 9.17) is 24.3 Å². The van der Waals surface area contributed by atoms with E-state index in [0.717, 1.165) is 57.8 Å². The molecule has 0 aromatic heterocycles. The summed E-state index contributed by atoms with van der Waals surface area (Å²) in [6.45, 7) is 3.47. The summed E-state index contributed by atoms with van der Waals surface area (Å²) in [5.74, 6) is -0.949. The molecule has 0 amide bonds. The van der Waals surface area contributed by atoms with E-state index in [0.29, 0.717) is 19.3 Å². The molecule has 0 saturated heterocycles. The van der Waals surface area contributed by atoms with Crippen LogP contribution in [0, 0.1) is 0 Å². The van der Waals surface area contributed by atoms with Crippen molar-refractivity contribution in [1.82, 2.24) is 0 Å². The second-order valence-corrected chi connectivity index (χ2v) is 14.2. The monoisotopic (exact) mass is 761 g/mol. The first kappa shape index (κ1) is 50.2. The molecule has 2 atom stereocenters. The van der Waals surface area contributed by atoms with Crippen molar-refractivity contribution in [2.24, 2.45) is 5.73 Å². The first-order chi connectivity index (χ1) is 25.8. The van der Waals surface area contributed by atoms with Crippen LogP contribution in [0.2, 0.25) is 0 Å². The highest BCUT2D eigenvalue weighted by atomic mass is 31.2. The summed E-state index contributed by atoms with van der Waals surface area (Å²) < 4.78 is 32.6. The predicted molar refractivity (Wildman–Crippen MR) is 219 cm³/mol. The first-order valence-electron chi connectivity index (χ1n) is 20.1. The van der Waals surface area contributed by atoms with E-state index in [1.807, 2.05) is 6.08 Å². The summed E-state index contributed by atoms with van der Waals surface area (Å²) in [6, 6.07) is 0. The van der Waals surface area contributed by atoms with Gasteiger partial charge >= 0.3 is 19.8 Å². The summed E-state index contributed by atoms with van der Waals surface area (Å²) in [5.41, 5.74) is 5.33. The van der Waals surface area contributed by atoms with Crippen molar-refractivity contribution < 1.29 is 37.6 Å². The molecule has 10 heteroatoms. The van der Waals surface area contributed by atoms with Crippen LogP contribution in [0.1, 0.15) is 142 Å². The van der Waals surface area contributed by atoms with Crippen LogP contribution >= 0.6 is 7.82 Å². The average molecular weight is 762 g/mol. The van der Waals surface area contributed by atoms with Crippen LogP contribution in [0.15, 0.2) is 85.1 Å². The van der Waals surface area contributed by atoms with Crippen LogP contribution < -0.4 is 5.73 Å². The maximum atomic E-state index is 12.5. The fourth-order valence-electron chi connectivity index (χ4n) is 4.82. The number of nitrogens with two attached hydrogens (primary N) is 1. The van der Waals surface area contributed by atoms with E-state index < -0.39 is 32.5 Å². The van der Waals surface area contributed by atoms with Crippen LogP contribution in [0.5, 0.6) is 0 Å². The lowest BCUT2D eigenvalue weighted by Gasteiger charge is -2.19. The molecule has 2 unspecified atom stereocenters. The molecule has 0 aliphatic rings. The number of phosphoric acid groups is 1. The van der Waals surface area contributed by atoms with Gasteiger partial charge in [-0.25, -0.2) is 4.57 Å². The van der Waals surface area contributed by atoms with Gasteiger partial charge in [0.1, 0.15) is 6.61 Å². The lowest BCUT2D eigenvalue weighted by atomic mass is 10.1. The van der Waals surface area contributed by atoms with Gasteiger partial charge in [0.2, 0.25) is 0 Å². The van der Waals surface area contributed by atoms with Crippen molar-refractivity contribution in [3.63, 3.8) is 0 Å². The van der Waals surface area contributed by atoms with Crippen molar-refractivity contribution in [3.05, 3.63) is 85.1 Å². The number of allylic oxidation sites excluding steroid dienone is 14. The highest BCUT2D eigenvalue weighted by molar-refractivity contribution is 7.47. The molecule has 9 nitrogen and oxygen atoms in total. The Balaban J connectivity index is 4.38. The first-order valence-corrected chi connectivity index (χ1v) is 21.6. The zero-order valence-electron chi connectivity index (χ0n) is 33.0. The Morgan fingerprint density at radius 1 is 0.585 bits per heavy atom. The zero-order chi connectivity index (χ0) is 38.9. The van der Waals surface area contributed by atoms with Crippen molar-refractivity contribution in [1.29, 1.82) is 0 Å². The molecule has 0 aromatic carbocycles. The Morgan fingerprint density at radius 2 is 1.06 bits per heavy atom. The fourth-order valence-corrected chi connectivity index (χ4v) is 5.58. The highest BCUT2D eigenvalue weighted by Crippen LogP contribution is 2.43. The Bertz CT molecular complexity index is 1140. The molecule has 0 aliphatic heterocycles. The maximum absolute atomic E-state index is 12.5. The quantitative estimate of drug-likeness (QED) is 0.0277. The van der Waals surface area contributed by atoms with Gasteiger partial charge in [0.25, 0.3) is 0 Å². The van der Waals surface area contributed by atoms with Crippen molar-refractivity contribution in [2.45, 2.75) is 148 Å². The van der Waals surface area contributed by atoms with Crippen molar-refractivity contribution >= 4 is 19.8 Å². The molecular weight excluding hydrogens is 689 g/mol. The summed E-state index contributed by atoms with van der Waals surface area (Å²) >= 11 is 0. The second kappa shape index (κ2) is 38.9. The van der Waals surface area contributed by atoms with Gasteiger partial charge < -0.3 is 20.1 Å². The number of hydrogen-bond donors (Lipinski definition) is 2. The van der Waals surface area contributed by atoms with Gasteiger partial charge in [-0.3, -0.25) is 18.6 Å². The third-order valence-electron chi connectivity index (χ3n) is 7.77. The molecule has 0 heterocycles. The van der Waals surface area contributed by atoms with Crippen LogP contribution in [0.4, 0.5) is 0 Å². The third kappa shape index (κ3) is 38.7. The van der Waals surface area contributed by atoms with Crippen LogP contribution in [-0.4, -0.2) is 49.3 Å². The Labute approximate surface area is 322 Å². The van der Waals surface area contributed by atoms with Gasteiger partial charge in [-0.2, -0.15) is 0 Å². The van der Waals surface area contributed by atoms with Gasteiger partial charge in [-0.1, -0.05) is 131 Å². The van der Waals surface area contributed by atoms with E-state index in [1.165, 1.54) is 38.5 Å². The molecule has 3 N–H and O–H groups in total. The Kier molecular flexibility index (Phi) is 36.8. The SMILES string of the molecule is CCC=CCC=CCC=CCC=CCCCCC(=O)OCC(COP(=O)(O)OCCN)OC(=O)CCCC=CCC=CCC=CCCCCCCCC. The van der Waals surface area contributed by atoms with Gasteiger partial charge in [0.05, 0.1) is 13.2 Å². The second-order valence-electron chi connectivity index (χ2n) is 12.8. The minimum Gasteiger partial charge on any atom is -0.462 e. The molecule has 0 aliphatic carbocycles. The molecule has 0 radical (unpaired) electrons. The van der Waals surface area contributed by atoms with Gasteiger partial charge in [-0.15, -0.1) is 0 Å². The van der Waals surface area contributed by atoms with Gasteiger partial charge in [0.15, 0.2) is 6.10 Å². The summed E-state index contributed by atoms with van der Waals surface area (Å²) in [4.78, 5) is 34.7. The molecule has 0 rings (SSSR count). The third-order valence-corrected chi connectivity index (χ3v) is 8.75. The molecule has 302 valence electrons. The smallest absolute Gasteiger partial charge is 0.462 e. The summed E-state index contributed by atoms with van der Waals surface area (Å²) in [5, 5.41) is 0. The molecule has 0 saturated carbocycles. The number of esters is 2. The molecule has 0 fully saturated rings. The Hall–Kier alpha value is -2.81. The van der Waals surface area contributed by atoms with E-state index in [1.54, 1.807) is 0 Å².